The minimum absolute atomic E-state index is 0.220. The summed E-state index contributed by atoms with van der Waals surface area (Å²) in [5.74, 6) is 0.773. The molecule has 1 amide bonds. The van der Waals surface area contributed by atoms with Crippen LogP contribution in [-0.4, -0.2) is 55.8 Å². The lowest BCUT2D eigenvalue weighted by Crippen LogP contribution is -2.48. The Morgan fingerprint density at radius 3 is 2.57 bits per heavy atom. The molecule has 6 heteroatoms. The fourth-order valence-electron chi connectivity index (χ4n) is 2.46. The quantitative estimate of drug-likeness (QED) is 0.853. The predicted octanol–water partition coefficient (Wildman–Crippen LogP) is 1.55. The zero-order valence-corrected chi connectivity index (χ0v) is 12.7. The zero-order chi connectivity index (χ0) is 15.2. The summed E-state index contributed by atoms with van der Waals surface area (Å²) in [5, 5.41) is 0. The number of piperazine rings is 1. The summed E-state index contributed by atoms with van der Waals surface area (Å²) in [6, 6.07) is 5.76. The van der Waals surface area contributed by atoms with Crippen LogP contribution in [0, 0.1) is 0 Å². The van der Waals surface area contributed by atoms with Gasteiger partial charge < -0.3 is 20.1 Å². The lowest BCUT2D eigenvalue weighted by molar-refractivity contribution is 0.0778. The average molecular weight is 293 g/mol. The highest BCUT2D eigenvalue weighted by molar-refractivity contribution is 5.67. The van der Waals surface area contributed by atoms with Crippen molar-refractivity contribution in [1.82, 2.24) is 9.80 Å². The van der Waals surface area contributed by atoms with Crippen LogP contribution in [0.25, 0.3) is 0 Å². The number of hydrogen-bond donors (Lipinski definition) is 1. The highest BCUT2D eigenvalue weighted by atomic mass is 16.6. The van der Waals surface area contributed by atoms with Gasteiger partial charge in [-0.2, -0.15) is 0 Å². The number of methoxy groups -OCH3 is 1. The monoisotopic (exact) mass is 293 g/mol. The first-order chi connectivity index (χ1) is 10.1. The Hall–Kier alpha value is -1.95. The molecule has 1 aromatic rings. The second-order valence-corrected chi connectivity index (χ2v) is 5.08. The number of carbonyl (C=O) groups is 1. The molecule has 1 fully saturated rings. The van der Waals surface area contributed by atoms with Gasteiger partial charge in [0.15, 0.2) is 0 Å². The van der Waals surface area contributed by atoms with Gasteiger partial charge in [-0.3, -0.25) is 4.90 Å². The molecule has 1 aliphatic heterocycles. The van der Waals surface area contributed by atoms with E-state index in [0.29, 0.717) is 25.4 Å². The Labute approximate surface area is 125 Å². The number of nitrogen functional groups attached to an aromatic ring is 1. The van der Waals surface area contributed by atoms with Gasteiger partial charge >= 0.3 is 6.09 Å². The van der Waals surface area contributed by atoms with E-state index in [1.807, 2.05) is 25.1 Å². The molecule has 21 heavy (non-hydrogen) atoms. The molecule has 1 saturated heterocycles. The Kier molecular flexibility index (Phi) is 5.27. The second-order valence-electron chi connectivity index (χ2n) is 5.08. The molecule has 2 rings (SSSR count). The second kappa shape index (κ2) is 7.17. The van der Waals surface area contributed by atoms with Crippen LogP contribution < -0.4 is 10.5 Å². The highest BCUT2D eigenvalue weighted by Gasteiger charge is 2.21. The molecule has 0 spiro atoms. The summed E-state index contributed by atoms with van der Waals surface area (Å²) in [6.45, 7) is 6.09. The van der Waals surface area contributed by atoms with Gasteiger partial charge in [-0.05, 0) is 24.6 Å². The molecule has 116 valence electrons. The van der Waals surface area contributed by atoms with Gasteiger partial charge in [0.05, 0.1) is 13.7 Å². The van der Waals surface area contributed by atoms with Crippen molar-refractivity contribution >= 4 is 11.8 Å². The van der Waals surface area contributed by atoms with Crippen molar-refractivity contribution in [2.75, 3.05) is 45.6 Å². The van der Waals surface area contributed by atoms with Gasteiger partial charge in [-0.15, -0.1) is 0 Å². The van der Waals surface area contributed by atoms with Crippen molar-refractivity contribution in [3.63, 3.8) is 0 Å². The molecular formula is C15H23N3O3. The molecule has 1 heterocycles. The molecule has 1 aliphatic rings. The summed E-state index contributed by atoms with van der Waals surface area (Å²) in [7, 11) is 1.64. The number of amides is 1. The third-order valence-electron chi connectivity index (χ3n) is 3.53. The van der Waals surface area contributed by atoms with E-state index in [1.54, 1.807) is 12.0 Å². The maximum Gasteiger partial charge on any atom is 0.409 e. The summed E-state index contributed by atoms with van der Waals surface area (Å²) < 4.78 is 10.2. The van der Waals surface area contributed by atoms with Gasteiger partial charge in [-0.25, -0.2) is 4.79 Å². The Morgan fingerprint density at radius 2 is 1.95 bits per heavy atom. The Bertz CT molecular complexity index is 485. The van der Waals surface area contributed by atoms with Gasteiger partial charge in [-0.1, -0.05) is 0 Å². The minimum atomic E-state index is -0.220. The molecule has 0 unspecified atom stereocenters. The molecule has 0 bridgehead atoms. The molecule has 0 aromatic heterocycles. The van der Waals surface area contributed by atoms with Crippen LogP contribution in [0.4, 0.5) is 10.5 Å². The Morgan fingerprint density at radius 1 is 1.24 bits per heavy atom. The maximum absolute atomic E-state index is 11.6. The van der Waals surface area contributed by atoms with Gasteiger partial charge in [0, 0.05) is 44.5 Å². The van der Waals surface area contributed by atoms with E-state index in [2.05, 4.69) is 4.90 Å². The fourth-order valence-corrected chi connectivity index (χ4v) is 2.46. The van der Waals surface area contributed by atoms with Crippen molar-refractivity contribution in [1.29, 1.82) is 0 Å². The van der Waals surface area contributed by atoms with E-state index in [9.17, 15) is 4.79 Å². The van der Waals surface area contributed by atoms with Crippen LogP contribution in [0.2, 0.25) is 0 Å². The molecule has 0 aliphatic carbocycles. The number of nitrogens with two attached hydrogens (primary N) is 1. The van der Waals surface area contributed by atoms with Gasteiger partial charge in [0.1, 0.15) is 5.75 Å². The van der Waals surface area contributed by atoms with Crippen molar-refractivity contribution in [2.24, 2.45) is 0 Å². The van der Waals surface area contributed by atoms with E-state index in [4.69, 9.17) is 15.2 Å². The van der Waals surface area contributed by atoms with Gasteiger partial charge in [0.2, 0.25) is 0 Å². The minimum Gasteiger partial charge on any atom is -0.497 e. The SMILES string of the molecule is CCOC(=O)N1CCN(Cc2cc(N)cc(OC)c2)CC1. The van der Waals surface area contributed by atoms with Crippen LogP contribution in [0.5, 0.6) is 5.75 Å². The predicted molar refractivity (Wildman–Crippen MR) is 81.3 cm³/mol. The summed E-state index contributed by atoms with van der Waals surface area (Å²) in [5.41, 5.74) is 7.69. The summed E-state index contributed by atoms with van der Waals surface area (Å²) in [6.07, 6.45) is -0.220. The lowest BCUT2D eigenvalue weighted by Gasteiger charge is -2.34. The number of carbonyl (C=O) groups excluding carboxylic acids is 1. The van der Waals surface area contributed by atoms with Crippen LogP contribution in [0.1, 0.15) is 12.5 Å². The topological polar surface area (TPSA) is 68.0 Å². The summed E-state index contributed by atoms with van der Waals surface area (Å²) in [4.78, 5) is 15.7. The summed E-state index contributed by atoms with van der Waals surface area (Å²) >= 11 is 0. The zero-order valence-electron chi connectivity index (χ0n) is 12.7. The van der Waals surface area contributed by atoms with Crippen molar-refractivity contribution in [2.45, 2.75) is 13.5 Å². The average Bonchev–Trinajstić information content (AvgIpc) is 2.47. The normalized spacial score (nSPS) is 15.8. The molecular weight excluding hydrogens is 270 g/mol. The largest absolute Gasteiger partial charge is 0.497 e. The van der Waals surface area contributed by atoms with Crippen LogP contribution in [-0.2, 0) is 11.3 Å². The van der Waals surface area contributed by atoms with E-state index < -0.39 is 0 Å². The lowest BCUT2D eigenvalue weighted by atomic mass is 10.1. The smallest absolute Gasteiger partial charge is 0.409 e. The third-order valence-corrected chi connectivity index (χ3v) is 3.53. The number of hydrogen-bond acceptors (Lipinski definition) is 5. The number of rotatable bonds is 4. The van der Waals surface area contributed by atoms with Crippen molar-refractivity contribution in [3.8, 4) is 5.75 Å². The highest BCUT2D eigenvalue weighted by Crippen LogP contribution is 2.20. The third kappa shape index (κ3) is 4.26. The number of anilines is 1. The number of ether oxygens (including phenoxy) is 2. The first-order valence-corrected chi connectivity index (χ1v) is 7.20. The van der Waals surface area contributed by atoms with E-state index in [-0.39, 0.29) is 6.09 Å². The molecule has 1 aromatic carbocycles. The van der Waals surface area contributed by atoms with Crippen molar-refractivity contribution < 1.29 is 14.3 Å². The number of benzene rings is 1. The van der Waals surface area contributed by atoms with Crippen LogP contribution >= 0.6 is 0 Å². The molecule has 0 saturated carbocycles. The number of nitrogens with zero attached hydrogens (tertiary/aromatic N) is 2. The van der Waals surface area contributed by atoms with E-state index >= 15 is 0 Å². The molecule has 0 atom stereocenters. The van der Waals surface area contributed by atoms with E-state index in [0.717, 1.165) is 30.9 Å². The molecule has 6 nitrogen and oxygen atoms in total. The Balaban J connectivity index is 1.89. The first-order valence-electron chi connectivity index (χ1n) is 7.20. The molecule has 0 radical (unpaired) electrons. The fraction of sp³-hybridized carbons (Fsp3) is 0.533. The van der Waals surface area contributed by atoms with Crippen LogP contribution in [0.15, 0.2) is 18.2 Å². The van der Waals surface area contributed by atoms with E-state index in [1.165, 1.54) is 0 Å². The maximum atomic E-state index is 11.6. The first kappa shape index (κ1) is 15.4. The standard InChI is InChI=1S/C15H23N3O3/c1-3-21-15(19)18-6-4-17(5-7-18)11-12-8-13(16)10-14(9-12)20-2/h8-10H,3-7,11,16H2,1-2H3. The van der Waals surface area contributed by atoms with Gasteiger partial charge in [0.25, 0.3) is 0 Å². The van der Waals surface area contributed by atoms with Crippen molar-refractivity contribution in [3.05, 3.63) is 23.8 Å². The van der Waals surface area contributed by atoms with Crippen LogP contribution in [0.3, 0.4) is 0 Å². The molecule has 2 N–H and O–H groups in total.